The highest BCUT2D eigenvalue weighted by Crippen LogP contribution is 2.40. The molecule has 2 aliphatic heterocycles. The number of halogens is 5. The van der Waals surface area contributed by atoms with Crippen LogP contribution in [0.25, 0.3) is 10.1 Å². The van der Waals surface area contributed by atoms with E-state index < -0.39 is 39.1 Å². The van der Waals surface area contributed by atoms with Crippen molar-refractivity contribution in [3.63, 3.8) is 0 Å². The minimum Gasteiger partial charge on any atom is -0.347 e. The molecule has 0 saturated carbocycles. The Morgan fingerprint density at radius 3 is 2.43 bits per heavy atom. The SMILES string of the molecule is O=c1nc(N2CC3CN(Cc4ccc(Cl)c(F)c4)CC3C2)sc2c([N+](=O)[O-])cc(C(F)(F)F)cc12. The minimum atomic E-state index is -4.83. The zero-order chi connectivity index (χ0) is 25.1. The Kier molecular flexibility index (Phi) is 5.93. The Morgan fingerprint density at radius 1 is 1.14 bits per heavy atom. The molecule has 0 amide bonds. The quantitative estimate of drug-likeness (QED) is 0.271. The number of anilines is 1. The number of rotatable bonds is 4. The number of hydrogen-bond acceptors (Lipinski definition) is 7. The molecule has 2 aromatic carbocycles. The summed E-state index contributed by atoms with van der Waals surface area (Å²) < 4.78 is 53.1. The van der Waals surface area contributed by atoms with Crippen LogP contribution in [-0.2, 0) is 12.7 Å². The summed E-state index contributed by atoms with van der Waals surface area (Å²) in [5.41, 5.74) is -2.14. The van der Waals surface area contributed by atoms with Crippen molar-refractivity contribution < 1.29 is 22.5 Å². The van der Waals surface area contributed by atoms with Gasteiger partial charge in [0.1, 0.15) is 10.5 Å². The summed E-state index contributed by atoms with van der Waals surface area (Å²) in [7, 11) is 0. The van der Waals surface area contributed by atoms with Crippen LogP contribution in [0.15, 0.2) is 35.1 Å². The van der Waals surface area contributed by atoms with Crippen LogP contribution in [0.4, 0.5) is 28.4 Å². The fourth-order valence-corrected chi connectivity index (χ4v) is 6.05. The first kappa shape index (κ1) is 23.9. The minimum absolute atomic E-state index is 0.0689. The van der Waals surface area contributed by atoms with Crippen molar-refractivity contribution in [3.8, 4) is 0 Å². The first-order valence-corrected chi connectivity index (χ1v) is 11.8. The molecule has 35 heavy (non-hydrogen) atoms. The molecule has 0 radical (unpaired) electrons. The van der Waals surface area contributed by atoms with Crippen LogP contribution in [-0.4, -0.2) is 41.0 Å². The molecule has 2 atom stereocenters. The Hall–Kier alpha value is -2.83. The zero-order valence-corrected chi connectivity index (χ0v) is 19.5. The van der Waals surface area contributed by atoms with Crippen LogP contribution in [0.3, 0.4) is 0 Å². The van der Waals surface area contributed by atoms with E-state index >= 15 is 0 Å². The van der Waals surface area contributed by atoms with E-state index in [4.69, 9.17) is 11.6 Å². The number of aromatic nitrogens is 1. The highest BCUT2D eigenvalue weighted by atomic mass is 35.5. The lowest BCUT2D eigenvalue weighted by Gasteiger charge is -2.22. The van der Waals surface area contributed by atoms with Crippen molar-refractivity contribution in [3.05, 3.63) is 72.8 Å². The number of hydrogen-bond donors (Lipinski definition) is 0. The molecular weight excluding hydrogens is 512 g/mol. The number of benzene rings is 2. The van der Waals surface area contributed by atoms with Gasteiger partial charge in [-0.25, -0.2) is 4.39 Å². The van der Waals surface area contributed by atoms with E-state index in [0.29, 0.717) is 31.8 Å². The van der Waals surface area contributed by atoms with Gasteiger partial charge in [-0.15, -0.1) is 0 Å². The maximum Gasteiger partial charge on any atom is 0.416 e. The lowest BCUT2D eigenvalue weighted by Crippen LogP contribution is -2.29. The predicted molar refractivity (Wildman–Crippen MR) is 123 cm³/mol. The van der Waals surface area contributed by atoms with Gasteiger partial charge in [0, 0.05) is 38.8 Å². The summed E-state index contributed by atoms with van der Waals surface area (Å²) in [6.45, 7) is 3.15. The molecular formula is C22H17ClF4N4O3S. The lowest BCUT2D eigenvalue weighted by molar-refractivity contribution is -0.383. The van der Waals surface area contributed by atoms with Gasteiger partial charge in [-0.2, -0.15) is 18.2 Å². The number of fused-ring (bicyclic) bond motifs is 2. The van der Waals surface area contributed by atoms with Crippen LogP contribution in [0, 0.1) is 27.8 Å². The van der Waals surface area contributed by atoms with E-state index in [1.165, 1.54) is 12.1 Å². The summed E-state index contributed by atoms with van der Waals surface area (Å²) >= 11 is 6.60. The molecule has 5 rings (SSSR count). The monoisotopic (exact) mass is 528 g/mol. The summed E-state index contributed by atoms with van der Waals surface area (Å²) in [5, 5.41) is 11.4. The molecule has 2 unspecified atom stereocenters. The number of non-ortho nitro benzene ring substituents is 1. The second-order valence-electron chi connectivity index (χ2n) is 8.80. The molecule has 1 aromatic heterocycles. The molecule has 2 fully saturated rings. The van der Waals surface area contributed by atoms with Gasteiger partial charge < -0.3 is 4.90 Å². The van der Waals surface area contributed by atoms with Crippen LogP contribution in [0.2, 0.25) is 5.02 Å². The van der Waals surface area contributed by atoms with Crippen LogP contribution >= 0.6 is 22.9 Å². The van der Waals surface area contributed by atoms with E-state index in [1.807, 2.05) is 4.90 Å². The number of alkyl halides is 3. The predicted octanol–water partition coefficient (Wildman–Crippen LogP) is 4.94. The first-order valence-electron chi connectivity index (χ1n) is 10.6. The average molecular weight is 529 g/mol. The molecule has 3 heterocycles. The number of nitrogens with zero attached hydrogens (tertiary/aromatic N) is 4. The molecule has 0 bridgehead atoms. The third-order valence-corrected chi connectivity index (χ3v) is 7.91. The maximum atomic E-state index is 13.7. The van der Waals surface area contributed by atoms with Gasteiger partial charge in [-0.05, 0) is 35.6 Å². The van der Waals surface area contributed by atoms with E-state index in [2.05, 4.69) is 9.88 Å². The second-order valence-corrected chi connectivity index (χ2v) is 10.2. The normalized spacial score (nSPS) is 20.5. The molecule has 7 nitrogen and oxygen atoms in total. The average Bonchev–Trinajstić information content (AvgIpc) is 3.33. The van der Waals surface area contributed by atoms with Crippen molar-refractivity contribution in [2.45, 2.75) is 12.7 Å². The van der Waals surface area contributed by atoms with Crippen molar-refractivity contribution in [2.24, 2.45) is 11.8 Å². The summed E-state index contributed by atoms with van der Waals surface area (Å²) in [4.78, 5) is 31.2. The Balaban J connectivity index is 1.37. The molecule has 2 saturated heterocycles. The topological polar surface area (TPSA) is 79.6 Å². The van der Waals surface area contributed by atoms with Crippen LogP contribution in [0.5, 0.6) is 0 Å². The number of nitro groups is 1. The summed E-state index contributed by atoms with van der Waals surface area (Å²) in [5.74, 6) is 0.0209. The zero-order valence-electron chi connectivity index (χ0n) is 17.9. The molecule has 3 aromatic rings. The first-order chi connectivity index (χ1) is 16.5. The van der Waals surface area contributed by atoms with E-state index in [1.54, 1.807) is 6.07 Å². The van der Waals surface area contributed by atoms with Gasteiger partial charge in [-0.1, -0.05) is 29.0 Å². The van der Waals surface area contributed by atoms with Gasteiger partial charge in [0.05, 0.1) is 20.9 Å². The highest BCUT2D eigenvalue weighted by Gasteiger charge is 2.41. The maximum absolute atomic E-state index is 13.7. The third kappa shape index (κ3) is 4.57. The molecule has 0 aliphatic carbocycles. The van der Waals surface area contributed by atoms with Crippen molar-refractivity contribution >= 4 is 43.8 Å². The Bertz CT molecular complexity index is 1390. The third-order valence-electron chi connectivity index (χ3n) is 6.44. The van der Waals surface area contributed by atoms with Crippen LogP contribution < -0.4 is 10.5 Å². The van der Waals surface area contributed by atoms with Gasteiger partial charge in [0.15, 0.2) is 5.13 Å². The Labute approximate surface area is 204 Å². The Morgan fingerprint density at radius 2 is 1.83 bits per heavy atom. The summed E-state index contributed by atoms with van der Waals surface area (Å²) in [6.07, 6.45) is -4.83. The van der Waals surface area contributed by atoms with Crippen molar-refractivity contribution in [1.29, 1.82) is 0 Å². The van der Waals surface area contributed by atoms with E-state index in [0.717, 1.165) is 30.0 Å². The number of likely N-dealkylation sites (tertiary alicyclic amines) is 1. The highest BCUT2D eigenvalue weighted by molar-refractivity contribution is 7.22. The lowest BCUT2D eigenvalue weighted by atomic mass is 10.0. The summed E-state index contributed by atoms with van der Waals surface area (Å²) in [6, 6.07) is 5.79. The smallest absolute Gasteiger partial charge is 0.347 e. The number of nitro benzene ring substituents is 1. The fourth-order valence-electron chi connectivity index (χ4n) is 4.85. The fraction of sp³-hybridized carbons (Fsp3) is 0.364. The van der Waals surface area contributed by atoms with Gasteiger partial charge in [0.25, 0.3) is 11.2 Å². The molecule has 0 N–H and O–H groups in total. The standard InChI is InChI=1S/C22H17ClF4N4O3S/c23-16-2-1-11(3-17(16)24)6-29-7-12-9-30(10-13(12)8-29)21-28-20(32)15-4-14(22(25,26)27)5-18(31(33)34)19(15)35-21/h1-5,12-13H,6-10H2. The molecule has 184 valence electrons. The molecule has 13 heteroatoms. The van der Waals surface area contributed by atoms with Crippen molar-refractivity contribution in [1.82, 2.24) is 9.88 Å². The van der Waals surface area contributed by atoms with Crippen molar-refractivity contribution in [2.75, 3.05) is 31.1 Å². The van der Waals surface area contributed by atoms with E-state index in [9.17, 15) is 32.5 Å². The van der Waals surface area contributed by atoms with Crippen LogP contribution in [0.1, 0.15) is 11.1 Å². The molecule has 0 spiro atoms. The van der Waals surface area contributed by atoms with Gasteiger partial charge >= 0.3 is 6.18 Å². The van der Waals surface area contributed by atoms with Gasteiger partial charge in [0.2, 0.25) is 0 Å². The second kappa shape index (κ2) is 8.68. The van der Waals surface area contributed by atoms with E-state index in [-0.39, 0.29) is 26.7 Å². The largest absolute Gasteiger partial charge is 0.416 e. The molecule has 2 aliphatic rings. The van der Waals surface area contributed by atoms with Gasteiger partial charge in [-0.3, -0.25) is 19.8 Å².